The van der Waals surface area contributed by atoms with Crippen LogP contribution in [0.2, 0.25) is 0 Å². The second-order valence-electron chi connectivity index (χ2n) is 8.13. The predicted molar refractivity (Wildman–Crippen MR) is 123 cm³/mol. The maximum absolute atomic E-state index is 12.1. The van der Waals surface area contributed by atoms with Crippen LogP contribution in [0.25, 0.3) is 0 Å². The van der Waals surface area contributed by atoms with Crippen LogP contribution >= 0.6 is 0 Å². The van der Waals surface area contributed by atoms with Gasteiger partial charge in [0.05, 0.1) is 0 Å². The fourth-order valence-electron chi connectivity index (χ4n) is 3.84. The van der Waals surface area contributed by atoms with E-state index in [2.05, 4.69) is 39.8 Å². The van der Waals surface area contributed by atoms with E-state index in [1.165, 1.54) is 36.9 Å². The van der Waals surface area contributed by atoms with E-state index in [9.17, 15) is 9.59 Å². The van der Waals surface area contributed by atoms with E-state index in [1.54, 1.807) is 0 Å². The number of benzene rings is 2. The molecule has 30 heavy (non-hydrogen) atoms. The van der Waals surface area contributed by atoms with Gasteiger partial charge in [0.25, 0.3) is 0 Å². The Bertz CT molecular complexity index is 853. The van der Waals surface area contributed by atoms with Gasteiger partial charge in [-0.3, -0.25) is 9.59 Å². The van der Waals surface area contributed by atoms with Crippen LogP contribution in [0.15, 0.2) is 42.5 Å². The molecule has 1 saturated heterocycles. The van der Waals surface area contributed by atoms with Crippen LogP contribution in [0.3, 0.4) is 0 Å². The van der Waals surface area contributed by atoms with E-state index in [0.29, 0.717) is 12.2 Å². The average Bonchev–Trinajstić information content (AvgIpc) is 3.04. The Kier molecular flexibility index (Phi) is 7.89. The van der Waals surface area contributed by atoms with Crippen LogP contribution < -0.4 is 15.5 Å². The molecule has 5 nitrogen and oxygen atoms in total. The quantitative estimate of drug-likeness (QED) is 0.552. The molecule has 1 aliphatic heterocycles. The van der Waals surface area contributed by atoms with E-state index in [0.717, 1.165) is 37.1 Å². The van der Waals surface area contributed by atoms with Crippen molar-refractivity contribution in [3.63, 3.8) is 0 Å². The number of rotatable bonds is 6. The van der Waals surface area contributed by atoms with Crippen molar-refractivity contribution in [2.45, 2.75) is 52.4 Å². The molecule has 1 aliphatic rings. The molecule has 1 fully saturated rings. The third-order valence-electron chi connectivity index (χ3n) is 5.89. The number of aryl methyl sites for hydroxylation is 2. The smallest absolute Gasteiger partial charge is 0.313 e. The number of hydrogen-bond acceptors (Lipinski definition) is 3. The van der Waals surface area contributed by atoms with E-state index in [1.807, 2.05) is 32.0 Å². The van der Waals surface area contributed by atoms with Crippen molar-refractivity contribution in [2.75, 3.05) is 29.9 Å². The molecule has 2 aromatic rings. The minimum absolute atomic E-state index is 0.479. The number of anilines is 2. The molecule has 5 heteroatoms. The zero-order valence-corrected chi connectivity index (χ0v) is 18.2. The van der Waals surface area contributed by atoms with Gasteiger partial charge in [0, 0.05) is 31.0 Å². The van der Waals surface area contributed by atoms with Gasteiger partial charge in [-0.25, -0.2) is 0 Å². The van der Waals surface area contributed by atoms with Crippen LogP contribution in [0.5, 0.6) is 0 Å². The summed E-state index contributed by atoms with van der Waals surface area (Å²) in [5, 5.41) is 5.41. The first-order valence-electron chi connectivity index (χ1n) is 11.0. The Hall–Kier alpha value is -2.82. The molecule has 0 saturated carbocycles. The number of carbonyl (C=O) groups is 2. The summed E-state index contributed by atoms with van der Waals surface area (Å²) >= 11 is 0. The molecular weight excluding hydrogens is 374 g/mol. The van der Waals surface area contributed by atoms with Gasteiger partial charge >= 0.3 is 11.8 Å². The predicted octanol–water partition coefficient (Wildman–Crippen LogP) is 4.37. The number of hydrogen-bond donors (Lipinski definition) is 2. The molecule has 2 aromatic carbocycles. The lowest BCUT2D eigenvalue weighted by Crippen LogP contribution is -2.36. The molecular formula is C25H33N3O2. The van der Waals surface area contributed by atoms with Crippen molar-refractivity contribution in [3.05, 3.63) is 59.2 Å². The van der Waals surface area contributed by atoms with Crippen LogP contribution in [0.4, 0.5) is 11.4 Å². The van der Waals surface area contributed by atoms with E-state index >= 15 is 0 Å². The number of carbonyl (C=O) groups excluding carboxylic acids is 2. The average molecular weight is 408 g/mol. The molecule has 0 unspecified atom stereocenters. The standard InChI is InChI=1S/C25H33N3O2/c1-19-9-7-11-23(20(19)2)27-25(30)24(29)26-16-8-10-21-12-14-22(15-13-21)28-17-5-3-4-6-18-28/h7,9,11-15H,3-6,8,10,16-18H2,1-2H3,(H,26,29)(H,27,30). The maximum atomic E-state index is 12.1. The summed E-state index contributed by atoms with van der Waals surface area (Å²) in [5.74, 6) is -1.21. The Balaban J connectivity index is 1.40. The summed E-state index contributed by atoms with van der Waals surface area (Å²) in [6.45, 7) is 6.68. The minimum Gasteiger partial charge on any atom is -0.372 e. The van der Waals surface area contributed by atoms with E-state index in [-0.39, 0.29) is 0 Å². The number of nitrogens with one attached hydrogen (secondary N) is 2. The molecule has 0 radical (unpaired) electrons. The zero-order chi connectivity index (χ0) is 21.3. The molecule has 0 aliphatic carbocycles. The monoisotopic (exact) mass is 407 g/mol. The van der Waals surface area contributed by atoms with Gasteiger partial charge in [0.2, 0.25) is 0 Å². The lowest BCUT2D eigenvalue weighted by Gasteiger charge is -2.22. The van der Waals surface area contributed by atoms with E-state index < -0.39 is 11.8 Å². The highest BCUT2D eigenvalue weighted by Gasteiger charge is 2.14. The molecule has 0 spiro atoms. The summed E-state index contributed by atoms with van der Waals surface area (Å²) < 4.78 is 0. The van der Waals surface area contributed by atoms with Crippen LogP contribution in [-0.2, 0) is 16.0 Å². The van der Waals surface area contributed by atoms with Crippen molar-refractivity contribution < 1.29 is 9.59 Å². The Morgan fingerprint density at radius 2 is 1.60 bits per heavy atom. The van der Waals surface area contributed by atoms with Gasteiger partial charge < -0.3 is 15.5 Å². The van der Waals surface area contributed by atoms with Gasteiger partial charge in [0.15, 0.2) is 0 Å². The number of nitrogens with zero attached hydrogens (tertiary/aromatic N) is 1. The molecule has 2 N–H and O–H groups in total. The Morgan fingerprint density at radius 1 is 0.900 bits per heavy atom. The summed E-state index contributed by atoms with van der Waals surface area (Å²) in [4.78, 5) is 26.7. The van der Waals surface area contributed by atoms with Gasteiger partial charge in [-0.15, -0.1) is 0 Å². The van der Waals surface area contributed by atoms with Crippen LogP contribution in [0, 0.1) is 13.8 Å². The highest BCUT2D eigenvalue weighted by atomic mass is 16.2. The summed E-state index contributed by atoms with van der Waals surface area (Å²) in [7, 11) is 0. The molecule has 0 atom stereocenters. The lowest BCUT2D eigenvalue weighted by atomic mass is 10.1. The molecule has 160 valence electrons. The molecule has 3 rings (SSSR count). The SMILES string of the molecule is Cc1cccc(NC(=O)C(=O)NCCCc2ccc(N3CCCCCC3)cc2)c1C. The number of amides is 2. The molecule has 2 amide bonds. The normalized spacial score (nSPS) is 14.1. The summed E-state index contributed by atoms with van der Waals surface area (Å²) in [6.07, 6.45) is 6.90. The highest BCUT2D eigenvalue weighted by Crippen LogP contribution is 2.20. The van der Waals surface area contributed by atoms with Crippen LogP contribution in [0.1, 0.15) is 48.8 Å². The van der Waals surface area contributed by atoms with Crippen molar-refractivity contribution in [1.29, 1.82) is 0 Å². The second kappa shape index (κ2) is 10.8. The Labute approximate surface area is 179 Å². The van der Waals surface area contributed by atoms with Crippen molar-refractivity contribution >= 4 is 23.2 Å². The first-order chi connectivity index (χ1) is 14.5. The van der Waals surface area contributed by atoms with Crippen molar-refractivity contribution in [2.24, 2.45) is 0 Å². The minimum atomic E-state index is -0.620. The Morgan fingerprint density at radius 3 is 2.30 bits per heavy atom. The molecule has 1 heterocycles. The fourth-order valence-corrected chi connectivity index (χ4v) is 3.84. The third-order valence-corrected chi connectivity index (χ3v) is 5.89. The second-order valence-corrected chi connectivity index (χ2v) is 8.13. The van der Waals surface area contributed by atoms with Gasteiger partial charge in [0.1, 0.15) is 0 Å². The van der Waals surface area contributed by atoms with E-state index in [4.69, 9.17) is 0 Å². The van der Waals surface area contributed by atoms with Gasteiger partial charge in [-0.2, -0.15) is 0 Å². The molecule has 0 bridgehead atoms. The summed E-state index contributed by atoms with van der Waals surface area (Å²) in [5.41, 5.74) is 5.29. The summed E-state index contributed by atoms with van der Waals surface area (Å²) in [6, 6.07) is 14.4. The first kappa shape index (κ1) is 21.9. The fraction of sp³-hybridized carbons (Fsp3) is 0.440. The topological polar surface area (TPSA) is 61.4 Å². The zero-order valence-electron chi connectivity index (χ0n) is 18.2. The van der Waals surface area contributed by atoms with Gasteiger partial charge in [-0.05, 0) is 74.4 Å². The first-order valence-corrected chi connectivity index (χ1v) is 11.0. The van der Waals surface area contributed by atoms with Crippen molar-refractivity contribution in [3.8, 4) is 0 Å². The van der Waals surface area contributed by atoms with Crippen LogP contribution in [-0.4, -0.2) is 31.4 Å². The lowest BCUT2D eigenvalue weighted by molar-refractivity contribution is -0.136. The maximum Gasteiger partial charge on any atom is 0.313 e. The van der Waals surface area contributed by atoms with Gasteiger partial charge in [-0.1, -0.05) is 37.1 Å². The van der Waals surface area contributed by atoms with Crippen molar-refractivity contribution in [1.82, 2.24) is 5.32 Å². The third kappa shape index (κ3) is 6.09. The highest BCUT2D eigenvalue weighted by molar-refractivity contribution is 6.39. The largest absolute Gasteiger partial charge is 0.372 e. The molecule has 0 aromatic heterocycles.